The van der Waals surface area contributed by atoms with Crippen molar-refractivity contribution in [3.63, 3.8) is 0 Å². The summed E-state index contributed by atoms with van der Waals surface area (Å²) in [5, 5.41) is 4.08. The predicted molar refractivity (Wildman–Crippen MR) is 62.2 cm³/mol. The third-order valence-electron chi connectivity index (χ3n) is 2.44. The second-order valence-electron chi connectivity index (χ2n) is 3.64. The molecule has 0 saturated carbocycles. The van der Waals surface area contributed by atoms with Crippen LogP contribution in [-0.2, 0) is 7.05 Å². The Hall–Kier alpha value is -1.97. The van der Waals surface area contributed by atoms with Crippen LogP contribution in [0, 0.1) is 6.92 Å². The lowest BCUT2D eigenvalue weighted by Gasteiger charge is -2.03. The summed E-state index contributed by atoms with van der Waals surface area (Å²) >= 11 is 0. The first kappa shape index (κ1) is 9.58. The molecule has 0 aliphatic carbocycles. The number of aromatic nitrogens is 2. The Labute approximate surface area is 88.5 Å². The first-order chi connectivity index (χ1) is 7.09. The summed E-state index contributed by atoms with van der Waals surface area (Å²) in [5.41, 5.74) is 15.2. The second kappa shape index (κ2) is 3.31. The standard InChI is InChI=1S/C11H14N4/c1-7-3-5-8(6-4-7)10-9(12)11(13)14-15(10)2/h3-6H,12H2,1-2H3,(H2,13,14). The number of nitrogen functional groups attached to an aromatic ring is 2. The van der Waals surface area contributed by atoms with Gasteiger partial charge in [-0.05, 0) is 6.92 Å². The van der Waals surface area contributed by atoms with Gasteiger partial charge in [-0.2, -0.15) is 5.10 Å². The molecule has 1 aromatic carbocycles. The molecule has 0 atom stereocenters. The molecule has 2 aromatic rings. The van der Waals surface area contributed by atoms with Crippen LogP contribution in [-0.4, -0.2) is 9.78 Å². The topological polar surface area (TPSA) is 69.9 Å². The molecule has 4 nitrogen and oxygen atoms in total. The lowest BCUT2D eigenvalue weighted by molar-refractivity contribution is 0.780. The van der Waals surface area contributed by atoms with E-state index in [-0.39, 0.29) is 0 Å². The fourth-order valence-corrected chi connectivity index (χ4v) is 1.61. The summed E-state index contributed by atoms with van der Waals surface area (Å²) in [6.07, 6.45) is 0. The summed E-state index contributed by atoms with van der Waals surface area (Å²) in [6.45, 7) is 2.05. The minimum Gasteiger partial charge on any atom is -0.394 e. The molecule has 4 N–H and O–H groups in total. The van der Waals surface area contributed by atoms with E-state index in [9.17, 15) is 0 Å². The number of rotatable bonds is 1. The lowest BCUT2D eigenvalue weighted by Crippen LogP contribution is -1.95. The van der Waals surface area contributed by atoms with Gasteiger partial charge in [-0.3, -0.25) is 4.68 Å². The van der Waals surface area contributed by atoms with E-state index in [1.165, 1.54) is 5.56 Å². The van der Waals surface area contributed by atoms with Crippen LogP contribution in [0.4, 0.5) is 11.5 Å². The summed E-state index contributed by atoms with van der Waals surface area (Å²) in [4.78, 5) is 0. The normalized spacial score (nSPS) is 10.5. The number of benzene rings is 1. The molecule has 0 bridgehead atoms. The highest BCUT2D eigenvalue weighted by Gasteiger charge is 2.11. The van der Waals surface area contributed by atoms with Crippen molar-refractivity contribution in [1.29, 1.82) is 0 Å². The lowest BCUT2D eigenvalue weighted by atomic mass is 10.1. The fraction of sp³-hybridized carbons (Fsp3) is 0.182. The number of anilines is 2. The summed E-state index contributed by atoms with van der Waals surface area (Å²) in [6, 6.07) is 8.11. The third kappa shape index (κ3) is 1.54. The highest BCUT2D eigenvalue weighted by molar-refractivity contribution is 5.80. The zero-order valence-electron chi connectivity index (χ0n) is 8.86. The Kier molecular flexibility index (Phi) is 2.11. The predicted octanol–water partition coefficient (Wildman–Crippen LogP) is 1.56. The molecular weight excluding hydrogens is 188 g/mol. The van der Waals surface area contributed by atoms with Gasteiger partial charge >= 0.3 is 0 Å². The monoisotopic (exact) mass is 202 g/mol. The highest BCUT2D eigenvalue weighted by atomic mass is 15.3. The molecule has 1 heterocycles. The molecule has 0 radical (unpaired) electrons. The maximum atomic E-state index is 5.87. The second-order valence-corrected chi connectivity index (χ2v) is 3.64. The van der Waals surface area contributed by atoms with E-state index in [4.69, 9.17) is 11.5 Å². The molecule has 2 rings (SSSR count). The Morgan fingerprint density at radius 3 is 2.20 bits per heavy atom. The molecule has 0 unspecified atom stereocenters. The smallest absolute Gasteiger partial charge is 0.169 e. The Balaban J connectivity index is 2.58. The maximum absolute atomic E-state index is 5.87. The molecule has 0 spiro atoms. The number of nitrogens with zero attached hydrogens (tertiary/aromatic N) is 2. The van der Waals surface area contributed by atoms with Crippen molar-refractivity contribution in [3.05, 3.63) is 29.8 Å². The number of nitrogens with two attached hydrogens (primary N) is 2. The van der Waals surface area contributed by atoms with Crippen LogP contribution in [0.25, 0.3) is 11.3 Å². The maximum Gasteiger partial charge on any atom is 0.169 e. The molecule has 0 aliphatic heterocycles. The van der Waals surface area contributed by atoms with E-state index in [1.54, 1.807) is 4.68 Å². The van der Waals surface area contributed by atoms with Gasteiger partial charge in [0.1, 0.15) is 5.69 Å². The van der Waals surface area contributed by atoms with Gasteiger partial charge in [-0.1, -0.05) is 29.8 Å². The molecule has 0 aliphatic rings. The van der Waals surface area contributed by atoms with Crippen molar-refractivity contribution in [3.8, 4) is 11.3 Å². The first-order valence-corrected chi connectivity index (χ1v) is 4.74. The first-order valence-electron chi connectivity index (χ1n) is 4.74. The summed E-state index contributed by atoms with van der Waals surface area (Å²) in [5.74, 6) is 0.382. The van der Waals surface area contributed by atoms with Crippen molar-refractivity contribution < 1.29 is 0 Å². The molecule has 4 heteroatoms. The Bertz CT molecular complexity index is 482. The van der Waals surface area contributed by atoms with Gasteiger partial charge < -0.3 is 11.5 Å². The third-order valence-corrected chi connectivity index (χ3v) is 2.44. The van der Waals surface area contributed by atoms with E-state index in [1.807, 2.05) is 38.2 Å². The summed E-state index contributed by atoms with van der Waals surface area (Å²) < 4.78 is 1.70. The van der Waals surface area contributed by atoms with Crippen LogP contribution in [0.2, 0.25) is 0 Å². The molecule has 78 valence electrons. The van der Waals surface area contributed by atoms with Crippen molar-refractivity contribution in [2.45, 2.75) is 6.92 Å². The van der Waals surface area contributed by atoms with Crippen LogP contribution < -0.4 is 11.5 Å². The molecule has 15 heavy (non-hydrogen) atoms. The van der Waals surface area contributed by atoms with Gasteiger partial charge in [-0.15, -0.1) is 0 Å². The van der Waals surface area contributed by atoms with E-state index in [0.717, 1.165) is 11.3 Å². The molecule has 0 fully saturated rings. The minimum absolute atomic E-state index is 0.382. The average Bonchev–Trinajstić information content (AvgIpc) is 2.44. The minimum atomic E-state index is 0.382. The van der Waals surface area contributed by atoms with Gasteiger partial charge in [-0.25, -0.2) is 0 Å². The zero-order valence-corrected chi connectivity index (χ0v) is 8.86. The fourth-order valence-electron chi connectivity index (χ4n) is 1.61. The van der Waals surface area contributed by atoms with Crippen molar-refractivity contribution in [2.75, 3.05) is 11.5 Å². The molecule has 1 aromatic heterocycles. The van der Waals surface area contributed by atoms with Crippen LogP contribution in [0.1, 0.15) is 5.56 Å². The van der Waals surface area contributed by atoms with Gasteiger partial charge in [0, 0.05) is 12.6 Å². The Morgan fingerprint density at radius 2 is 1.73 bits per heavy atom. The highest BCUT2D eigenvalue weighted by Crippen LogP contribution is 2.29. The van der Waals surface area contributed by atoms with Crippen LogP contribution in [0.3, 0.4) is 0 Å². The zero-order chi connectivity index (χ0) is 11.0. The van der Waals surface area contributed by atoms with Crippen LogP contribution >= 0.6 is 0 Å². The average molecular weight is 202 g/mol. The van der Waals surface area contributed by atoms with E-state index >= 15 is 0 Å². The molecular formula is C11H14N4. The largest absolute Gasteiger partial charge is 0.394 e. The summed E-state index contributed by atoms with van der Waals surface area (Å²) in [7, 11) is 1.84. The van der Waals surface area contributed by atoms with Gasteiger partial charge in [0.05, 0.1) is 5.69 Å². The van der Waals surface area contributed by atoms with Gasteiger partial charge in [0.25, 0.3) is 0 Å². The number of aryl methyl sites for hydroxylation is 2. The van der Waals surface area contributed by atoms with E-state index in [2.05, 4.69) is 5.10 Å². The van der Waals surface area contributed by atoms with Crippen molar-refractivity contribution >= 4 is 11.5 Å². The molecule has 0 amide bonds. The van der Waals surface area contributed by atoms with E-state index < -0.39 is 0 Å². The van der Waals surface area contributed by atoms with Gasteiger partial charge in [0.2, 0.25) is 0 Å². The SMILES string of the molecule is Cc1ccc(-c2c(N)c(N)nn2C)cc1. The van der Waals surface area contributed by atoms with Crippen molar-refractivity contribution in [2.24, 2.45) is 7.05 Å². The van der Waals surface area contributed by atoms with Crippen LogP contribution in [0.15, 0.2) is 24.3 Å². The van der Waals surface area contributed by atoms with Crippen LogP contribution in [0.5, 0.6) is 0 Å². The van der Waals surface area contributed by atoms with E-state index in [0.29, 0.717) is 11.5 Å². The number of hydrogen-bond donors (Lipinski definition) is 2. The van der Waals surface area contributed by atoms with Crippen molar-refractivity contribution in [1.82, 2.24) is 9.78 Å². The Morgan fingerprint density at radius 1 is 1.13 bits per heavy atom. The van der Waals surface area contributed by atoms with Gasteiger partial charge in [0.15, 0.2) is 5.82 Å². The quantitative estimate of drug-likeness (QED) is 0.737. The number of hydrogen-bond acceptors (Lipinski definition) is 3. The molecule has 0 saturated heterocycles.